The zero-order valence-electron chi connectivity index (χ0n) is 12.1. The van der Waals surface area contributed by atoms with Gasteiger partial charge in [-0.05, 0) is 36.6 Å². The van der Waals surface area contributed by atoms with Crippen LogP contribution < -0.4 is 5.32 Å². The zero-order chi connectivity index (χ0) is 15.6. The van der Waals surface area contributed by atoms with Crippen LogP contribution in [0.1, 0.15) is 30.6 Å². The number of carbonyl (C=O) groups is 2. The molecule has 21 heavy (non-hydrogen) atoms. The van der Waals surface area contributed by atoms with Crippen LogP contribution in [-0.4, -0.2) is 41.5 Å². The number of carboxylic acids is 1. The minimum atomic E-state index is -1.05. The van der Waals surface area contributed by atoms with Gasteiger partial charge in [0.1, 0.15) is 0 Å². The van der Waals surface area contributed by atoms with Crippen molar-refractivity contribution in [3.63, 3.8) is 0 Å². The number of carboxylic acid groups (broad SMARTS) is 1. The molecule has 1 aromatic carbocycles. The van der Waals surface area contributed by atoms with Gasteiger partial charge in [0.15, 0.2) is 0 Å². The summed E-state index contributed by atoms with van der Waals surface area (Å²) in [5.74, 6) is -1.24. The topological polar surface area (TPSA) is 69.6 Å². The molecule has 0 spiro atoms. The van der Waals surface area contributed by atoms with Crippen molar-refractivity contribution in [1.29, 1.82) is 0 Å². The molecule has 1 aliphatic heterocycles. The lowest BCUT2D eigenvalue weighted by Gasteiger charge is -2.19. The summed E-state index contributed by atoms with van der Waals surface area (Å²) >= 11 is 5.99. The second-order valence-electron chi connectivity index (χ2n) is 6.17. The molecule has 0 saturated carbocycles. The minimum absolute atomic E-state index is 0.0944. The Morgan fingerprint density at radius 2 is 2.14 bits per heavy atom. The lowest BCUT2D eigenvalue weighted by molar-refractivity contribution is -0.117. The number of amides is 1. The fourth-order valence-electron chi connectivity index (χ4n) is 2.51. The van der Waals surface area contributed by atoms with Crippen LogP contribution in [0.5, 0.6) is 0 Å². The molecule has 2 rings (SSSR count). The molecule has 0 radical (unpaired) electrons. The van der Waals surface area contributed by atoms with E-state index in [0.717, 1.165) is 19.5 Å². The Morgan fingerprint density at radius 1 is 1.43 bits per heavy atom. The van der Waals surface area contributed by atoms with E-state index in [2.05, 4.69) is 24.1 Å². The number of nitrogens with zero attached hydrogens (tertiary/aromatic N) is 1. The molecule has 0 aliphatic carbocycles. The summed E-state index contributed by atoms with van der Waals surface area (Å²) in [6.07, 6.45) is 1.07. The SMILES string of the molecule is CC1(C)CCN(CC(=O)Nc2cc(C(=O)O)ccc2Cl)C1. The summed E-state index contributed by atoms with van der Waals surface area (Å²) in [5.41, 5.74) is 0.665. The Kier molecular flexibility index (Phi) is 4.54. The summed E-state index contributed by atoms with van der Waals surface area (Å²) in [5, 5.41) is 12.0. The van der Waals surface area contributed by atoms with Gasteiger partial charge in [0, 0.05) is 6.54 Å². The van der Waals surface area contributed by atoms with E-state index in [4.69, 9.17) is 16.7 Å². The van der Waals surface area contributed by atoms with Crippen LogP contribution in [-0.2, 0) is 4.79 Å². The van der Waals surface area contributed by atoms with E-state index in [1.54, 1.807) is 0 Å². The number of benzene rings is 1. The third-order valence-corrected chi connectivity index (χ3v) is 3.94. The monoisotopic (exact) mass is 310 g/mol. The molecule has 1 fully saturated rings. The van der Waals surface area contributed by atoms with Crippen LogP contribution in [0.4, 0.5) is 5.69 Å². The van der Waals surface area contributed by atoms with Crippen molar-refractivity contribution in [2.24, 2.45) is 5.41 Å². The maximum Gasteiger partial charge on any atom is 0.335 e. The average molecular weight is 311 g/mol. The minimum Gasteiger partial charge on any atom is -0.478 e. The van der Waals surface area contributed by atoms with E-state index in [1.807, 2.05) is 0 Å². The smallest absolute Gasteiger partial charge is 0.335 e. The van der Waals surface area contributed by atoms with Gasteiger partial charge in [-0.2, -0.15) is 0 Å². The highest BCUT2D eigenvalue weighted by atomic mass is 35.5. The molecule has 1 aliphatic rings. The zero-order valence-corrected chi connectivity index (χ0v) is 12.9. The van der Waals surface area contributed by atoms with E-state index in [-0.39, 0.29) is 23.4 Å². The Bertz CT molecular complexity index is 572. The van der Waals surface area contributed by atoms with Crippen LogP contribution in [0.2, 0.25) is 5.02 Å². The van der Waals surface area contributed by atoms with Crippen LogP contribution in [0.3, 0.4) is 0 Å². The van der Waals surface area contributed by atoms with Crippen LogP contribution in [0.25, 0.3) is 0 Å². The summed E-state index contributed by atoms with van der Waals surface area (Å²) in [4.78, 5) is 25.1. The van der Waals surface area contributed by atoms with Crippen molar-refractivity contribution in [3.8, 4) is 0 Å². The summed E-state index contributed by atoms with van der Waals surface area (Å²) < 4.78 is 0. The molecule has 1 aromatic rings. The highest BCUT2D eigenvalue weighted by Crippen LogP contribution is 2.28. The van der Waals surface area contributed by atoms with Crippen molar-refractivity contribution in [1.82, 2.24) is 4.90 Å². The number of hydrogen-bond donors (Lipinski definition) is 2. The van der Waals surface area contributed by atoms with E-state index in [0.29, 0.717) is 10.7 Å². The standard InChI is InChI=1S/C15H19ClN2O3/c1-15(2)5-6-18(9-15)8-13(19)17-12-7-10(14(20)21)3-4-11(12)16/h3-4,7H,5-6,8-9H2,1-2H3,(H,17,19)(H,20,21). The molecule has 0 aromatic heterocycles. The first-order chi connectivity index (χ1) is 9.77. The number of anilines is 1. The maximum absolute atomic E-state index is 12.1. The molecule has 1 heterocycles. The molecule has 114 valence electrons. The predicted octanol–water partition coefficient (Wildman–Crippen LogP) is 2.71. The van der Waals surface area contributed by atoms with Crippen molar-refractivity contribution in [2.45, 2.75) is 20.3 Å². The molecular formula is C15H19ClN2O3. The van der Waals surface area contributed by atoms with E-state index >= 15 is 0 Å². The van der Waals surface area contributed by atoms with E-state index < -0.39 is 5.97 Å². The number of nitrogens with one attached hydrogen (secondary N) is 1. The largest absolute Gasteiger partial charge is 0.478 e. The summed E-state index contributed by atoms with van der Waals surface area (Å²) in [6, 6.07) is 4.25. The Hall–Kier alpha value is -1.59. The van der Waals surface area contributed by atoms with Gasteiger partial charge in [-0.25, -0.2) is 4.79 Å². The first kappa shape index (κ1) is 15.8. The van der Waals surface area contributed by atoms with E-state index in [1.165, 1.54) is 18.2 Å². The number of carbonyl (C=O) groups excluding carboxylic acids is 1. The predicted molar refractivity (Wildman–Crippen MR) is 81.9 cm³/mol. The Morgan fingerprint density at radius 3 is 2.71 bits per heavy atom. The molecule has 1 amide bonds. The van der Waals surface area contributed by atoms with Gasteiger partial charge in [-0.1, -0.05) is 25.4 Å². The number of aromatic carboxylic acids is 1. The molecular weight excluding hydrogens is 292 g/mol. The summed E-state index contributed by atoms with van der Waals surface area (Å²) in [7, 11) is 0. The van der Waals surface area contributed by atoms with Gasteiger partial charge >= 0.3 is 5.97 Å². The highest BCUT2D eigenvalue weighted by molar-refractivity contribution is 6.33. The fraction of sp³-hybridized carbons (Fsp3) is 0.467. The van der Waals surface area contributed by atoms with Crippen molar-refractivity contribution >= 4 is 29.2 Å². The van der Waals surface area contributed by atoms with Crippen LogP contribution >= 0.6 is 11.6 Å². The van der Waals surface area contributed by atoms with Crippen LogP contribution in [0.15, 0.2) is 18.2 Å². The first-order valence-electron chi connectivity index (χ1n) is 6.82. The van der Waals surface area contributed by atoms with Gasteiger partial charge in [0.2, 0.25) is 5.91 Å². The third kappa shape index (κ3) is 4.19. The van der Waals surface area contributed by atoms with Crippen LogP contribution in [0, 0.1) is 5.41 Å². The lowest BCUT2D eigenvalue weighted by atomic mass is 9.93. The third-order valence-electron chi connectivity index (χ3n) is 3.61. The van der Waals surface area contributed by atoms with Gasteiger partial charge in [0.05, 0.1) is 22.8 Å². The normalized spacial score (nSPS) is 17.7. The number of hydrogen-bond acceptors (Lipinski definition) is 3. The van der Waals surface area contributed by atoms with Gasteiger partial charge in [0.25, 0.3) is 0 Å². The quantitative estimate of drug-likeness (QED) is 0.897. The maximum atomic E-state index is 12.1. The van der Waals surface area contributed by atoms with Crippen molar-refractivity contribution in [2.75, 3.05) is 25.0 Å². The second-order valence-corrected chi connectivity index (χ2v) is 6.58. The molecule has 0 unspecified atom stereocenters. The number of likely N-dealkylation sites (tertiary alicyclic amines) is 1. The average Bonchev–Trinajstić information content (AvgIpc) is 2.71. The van der Waals surface area contributed by atoms with Crippen molar-refractivity contribution in [3.05, 3.63) is 28.8 Å². The lowest BCUT2D eigenvalue weighted by Crippen LogP contribution is -2.32. The number of halogens is 1. The van der Waals surface area contributed by atoms with Gasteiger partial charge in [-0.3, -0.25) is 9.69 Å². The Balaban J connectivity index is 2.00. The van der Waals surface area contributed by atoms with Crippen molar-refractivity contribution < 1.29 is 14.7 Å². The van der Waals surface area contributed by atoms with Gasteiger partial charge < -0.3 is 10.4 Å². The first-order valence-corrected chi connectivity index (χ1v) is 7.20. The highest BCUT2D eigenvalue weighted by Gasteiger charge is 2.30. The Labute approximate surface area is 128 Å². The van der Waals surface area contributed by atoms with E-state index in [9.17, 15) is 9.59 Å². The molecule has 2 N–H and O–H groups in total. The molecule has 1 saturated heterocycles. The van der Waals surface area contributed by atoms with Gasteiger partial charge in [-0.15, -0.1) is 0 Å². The molecule has 6 heteroatoms. The summed E-state index contributed by atoms with van der Waals surface area (Å²) in [6.45, 7) is 6.42. The molecule has 0 bridgehead atoms. The molecule has 5 nitrogen and oxygen atoms in total. The number of rotatable bonds is 4. The molecule has 0 atom stereocenters. The second kappa shape index (κ2) is 6.03. The fourth-order valence-corrected chi connectivity index (χ4v) is 2.67.